The average Bonchev–Trinajstić information content (AvgIpc) is 2.32. The average molecular weight is 248 g/mol. The molecule has 2 rings (SSSR count). The first kappa shape index (κ1) is 13.4. The van der Waals surface area contributed by atoms with E-state index in [0.29, 0.717) is 5.92 Å². The molecule has 0 bridgehead atoms. The lowest BCUT2D eigenvalue weighted by Crippen LogP contribution is -2.34. The molecule has 2 unspecified atom stereocenters. The number of ether oxygens (including phenoxy) is 1. The molecule has 1 aromatic rings. The lowest BCUT2D eigenvalue weighted by Gasteiger charge is -2.28. The van der Waals surface area contributed by atoms with E-state index in [1.54, 1.807) is 0 Å². The zero-order valence-electron chi connectivity index (χ0n) is 11.6. The van der Waals surface area contributed by atoms with Crippen LogP contribution >= 0.6 is 0 Å². The molecule has 1 fully saturated rings. The topological polar surface area (TPSA) is 29.5 Å². The fraction of sp³-hybridized carbons (Fsp3) is 0.625. The van der Waals surface area contributed by atoms with Crippen molar-refractivity contribution in [3.63, 3.8) is 0 Å². The van der Waals surface area contributed by atoms with Gasteiger partial charge >= 0.3 is 0 Å². The van der Waals surface area contributed by atoms with Crippen molar-refractivity contribution < 1.29 is 9.84 Å². The Morgan fingerprint density at radius 3 is 2.56 bits per heavy atom. The van der Waals surface area contributed by atoms with Crippen molar-refractivity contribution in [1.82, 2.24) is 0 Å². The maximum Gasteiger partial charge on any atom is 0.124 e. The third-order valence-corrected chi connectivity index (χ3v) is 3.82. The van der Waals surface area contributed by atoms with Crippen molar-refractivity contribution in [2.24, 2.45) is 0 Å². The number of benzene rings is 1. The van der Waals surface area contributed by atoms with Crippen LogP contribution in [0.2, 0.25) is 0 Å². The summed E-state index contributed by atoms with van der Waals surface area (Å²) in [5.41, 5.74) is 2.64. The van der Waals surface area contributed by atoms with Crippen molar-refractivity contribution in [1.29, 1.82) is 0 Å². The van der Waals surface area contributed by atoms with Gasteiger partial charge in [-0.25, -0.2) is 0 Å². The summed E-state index contributed by atoms with van der Waals surface area (Å²) in [5, 5.41) is 9.92. The monoisotopic (exact) mass is 248 g/mol. The van der Waals surface area contributed by atoms with Crippen LogP contribution < -0.4 is 4.74 Å². The summed E-state index contributed by atoms with van der Waals surface area (Å²) in [7, 11) is 0. The van der Waals surface area contributed by atoms with Crippen LogP contribution in [0.5, 0.6) is 5.75 Å². The van der Waals surface area contributed by atoms with Crippen molar-refractivity contribution in [2.75, 3.05) is 0 Å². The first-order valence-electron chi connectivity index (χ1n) is 7.03. The van der Waals surface area contributed by atoms with Crippen LogP contribution in [-0.2, 0) is 0 Å². The van der Waals surface area contributed by atoms with Gasteiger partial charge in [0.05, 0.1) is 6.10 Å². The molecule has 2 atom stereocenters. The Balaban J connectivity index is 2.07. The third kappa shape index (κ3) is 3.05. The van der Waals surface area contributed by atoms with E-state index in [0.717, 1.165) is 31.4 Å². The molecule has 0 heterocycles. The highest BCUT2D eigenvalue weighted by Crippen LogP contribution is 2.27. The molecule has 1 aliphatic carbocycles. The van der Waals surface area contributed by atoms with Crippen LogP contribution in [0.4, 0.5) is 0 Å². The fourth-order valence-electron chi connectivity index (χ4n) is 2.76. The first-order chi connectivity index (χ1) is 8.58. The van der Waals surface area contributed by atoms with E-state index in [2.05, 4.69) is 32.9 Å². The number of hydrogen-bond donors (Lipinski definition) is 1. The molecule has 2 heteroatoms. The number of hydrogen-bond acceptors (Lipinski definition) is 2. The quantitative estimate of drug-likeness (QED) is 0.881. The van der Waals surface area contributed by atoms with Gasteiger partial charge < -0.3 is 9.84 Å². The molecule has 0 amide bonds. The van der Waals surface area contributed by atoms with Gasteiger partial charge in [0.1, 0.15) is 11.9 Å². The summed E-state index contributed by atoms with van der Waals surface area (Å²) in [4.78, 5) is 0. The predicted molar refractivity (Wildman–Crippen MR) is 74.2 cm³/mol. The van der Waals surface area contributed by atoms with Gasteiger partial charge in [-0.05, 0) is 55.4 Å². The van der Waals surface area contributed by atoms with Gasteiger partial charge in [-0.3, -0.25) is 0 Å². The fourth-order valence-corrected chi connectivity index (χ4v) is 2.76. The van der Waals surface area contributed by atoms with Crippen LogP contribution in [0.15, 0.2) is 18.2 Å². The number of aryl methyl sites for hydroxylation is 1. The molecule has 2 nitrogen and oxygen atoms in total. The second kappa shape index (κ2) is 5.75. The normalized spacial score (nSPS) is 24.3. The molecular formula is C16H24O2. The van der Waals surface area contributed by atoms with Gasteiger partial charge in [-0.1, -0.05) is 26.3 Å². The second-order valence-corrected chi connectivity index (χ2v) is 5.68. The molecule has 0 aliphatic heterocycles. The van der Waals surface area contributed by atoms with Crippen molar-refractivity contribution in [3.05, 3.63) is 29.3 Å². The lowest BCUT2D eigenvalue weighted by molar-refractivity contribution is 0.00684. The van der Waals surface area contributed by atoms with Crippen LogP contribution in [0.3, 0.4) is 0 Å². The molecule has 1 saturated carbocycles. The lowest BCUT2D eigenvalue weighted by atomic mass is 9.94. The summed E-state index contributed by atoms with van der Waals surface area (Å²) in [6.45, 7) is 6.53. The van der Waals surface area contributed by atoms with E-state index in [4.69, 9.17) is 4.74 Å². The zero-order valence-corrected chi connectivity index (χ0v) is 11.6. The Morgan fingerprint density at radius 2 is 1.94 bits per heavy atom. The molecule has 18 heavy (non-hydrogen) atoms. The van der Waals surface area contributed by atoms with E-state index < -0.39 is 0 Å². The minimum absolute atomic E-state index is 0.0250. The Kier molecular flexibility index (Phi) is 4.28. The Labute approximate surface area is 110 Å². The Morgan fingerprint density at radius 1 is 1.22 bits per heavy atom. The van der Waals surface area contributed by atoms with Crippen LogP contribution in [0, 0.1) is 6.92 Å². The number of aliphatic hydroxyl groups is 1. The highest BCUT2D eigenvalue weighted by Gasteiger charge is 2.24. The minimum atomic E-state index is -0.302. The Bertz CT molecular complexity index is 398. The first-order valence-corrected chi connectivity index (χ1v) is 7.03. The standard InChI is InChI=1S/C16H24O2/c1-11(2)14-9-8-13(10-12(14)3)18-16-7-5-4-6-15(16)17/h8-11,15-17H,4-7H2,1-3H3. The van der Waals surface area contributed by atoms with E-state index in [9.17, 15) is 5.11 Å². The van der Waals surface area contributed by atoms with Gasteiger partial charge in [0.15, 0.2) is 0 Å². The van der Waals surface area contributed by atoms with Gasteiger partial charge in [0.25, 0.3) is 0 Å². The molecule has 0 spiro atoms. The van der Waals surface area contributed by atoms with E-state index in [1.807, 2.05) is 6.07 Å². The summed E-state index contributed by atoms with van der Waals surface area (Å²) >= 11 is 0. The largest absolute Gasteiger partial charge is 0.488 e. The highest BCUT2D eigenvalue weighted by atomic mass is 16.5. The molecule has 0 radical (unpaired) electrons. The van der Waals surface area contributed by atoms with E-state index in [1.165, 1.54) is 11.1 Å². The molecule has 1 aromatic carbocycles. The third-order valence-electron chi connectivity index (χ3n) is 3.82. The maximum absolute atomic E-state index is 9.92. The van der Waals surface area contributed by atoms with Crippen molar-refractivity contribution >= 4 is 0 Å². The maximum atomic E-state index is 9.92. The molecule has 1 N–H and O–H groups in total. The van der Waals surface area contributed by atoms with Crippen molar-refractivity contribution in [3.8, 4) is 5.75 Å². The van der Waals surface area contributed by atoms with Crippen LogP contribution in [0.1, 0.15) is 56.6 Å². The molecule has 0 saturated heterocycles. The summed E-state index contributed by atoms with van der Waals surface area (Å²) in [6, 6.07) is 6.27. The van der Waals surface area contributed by atoms with E-state index >= 15 is 0 Å². The second-order valence-electron chi connectivity index (χ2n) is 5.68. The van der Waals surface area contributed by atoms with Gasteiger partial charge in [0.2, 0.25) is 0 Å². The van der Waals surface area contributed by atoms with E-state index in [-0.39, 0.29) is 12.2 Å². The molecule has 100 valence electrons. The van der Waals surface area contributed by atoms with Crippen molar-refractivity contribution in [2.45, 2.75) is 64.6 Å². The zero-order chi connectivity index (χ0) is 13.1. The van der Waals surface area contributed by atoms with Crippen LogP contribution in [-0.4, -0.2) is 17.3 Å². The minimum Gasteiger partial charge on any atom is -0.488 e. The number of aliphatic hydroxyl groups excluding tert-OH is 1. The van der Waals surface area contributed by atoms with Crippen LogP contribution in [0.25, 0.3) is 0 Å². The number of rotatable bonds is 3. The molecule has 0 aromatic heterocycles. The molecular weight excluding hydrogens is 224 g/mol. The highest BCUT2D eigenvalue weighted by molar-refractivity contribution is 5.36. The summed E-state index contributed by atoms with van der Waals surface area (Å²) in [5.74, 6) is 1.43. The van der Waals surface area contributed by atoms with Gasteiger partial charge in [-0.2, -0.15) is 0 Å². The smallest absolute Gasteiger partial charge is 0.124 e. The summed E-state index contributed by atoms with van der Waals surface area (Å²) in [6.07, 6.45) is 3.78. The van der Waals surface area contributed by atoms with Gasteiger partial charge in [0, 0.05) is 0 Å². The molecule has 1 aliphatic rings. The predicted octanol–water partition coefficient (Wildman–Crippen LogP) is 3.80. The van der Waals surface area contributed by atoms with Gasteiger partial charge in [-0.15, -0.1) is 0 Å². The summed E-state index contributed by atoms with van der Waals surface area (Å²) < 4.78 is 5.93. The Hall–Kier alpha value is -1.02. The SMILES string of the molecule is Cc1cc(OC2CCCCC2O)ccc1C(C)C.